The van der Waals surface area contributed by atoms with Crippen LogP contribution < -0.4 is 5.32 Å². The molecule has 3 heterocycles. The largest absolute Gasteiger partial charge is 0.356 e. The molecule has 1 aliphatic rings. The van der Waals surface area contributed by atoms with Crippen LogP contribution in [-0.4, -0.2) is 21.0 Å². The number of benzene rings is 1. The van der Waals surface area contributed by atoms with Crippen LogP contribution in [0.4, 0.5) is 0 Å². The lowest BCUT2D eigenvalue weighted by molar-refractivity contribution is -0.119. The predicted molar refractivity (Wildman–Crippen MR) is 76.4 cm³/mol. The number of hydrogen-bond acceptors (Lipinski definition) is 4. The Bertz CT molecular complexity index is 833. The summed E-state index contributed by atoms with van der Waals surface area (Å²) in [5.74, 6) is 0.887. The molecule has 1 saturated heterocycles. The van der Waals surface area contributed by atoms with Gasteiger partial charge in [-0.3, -0.25) is 4.79 Å². The molecular weight excluding hydrogens is 268 g/mol. The van der Waals surface area contributed by atoms with Gasteiger partial charge >= 0.3 is 0 Å². The van der Waals surface area contributed by atoms with Gasteiger partial charge in [-0.05, 0) is 31.5 Å². The minimum atomic E-state index is -0.00712. The fourth-order valence-electron chi connectivity index (χ4n) is 2.71. The predicted octanol–water partition coefficient (Wildman–Crippen LogP) is 2.48. The number of nitrogens with one attached hydrogen (secondary N) is 2. The molecule has 0 unspecified atom stereocenters. The smallest absolute Gasteiger partial charge is 0.220 e. The maximum Gasteiger partial charge on any atom is 0.220 e. The van der Waals surface area contributed by atoms with Crippen LogP contribution in [-0.2, 0) is 4.79 Å². The molecular formula is C15H14N4O2. The molecule has 3 aromatic rings. The molecule has 2 N–H and O–H groups in total. The van der Waals surface area contributed by atoms with E-state index < -0.39 is 0 Å². The molecule has 21 heavy (non-hydrogen) atoms. The van der Waals surface area contributed by atoms with Crippen molar-refractivity contribution in [2.75, 3.05) is 0 Å². The Hall–Kier alpha value is -2.63. The van der Waals surface area contributed by atoms with Crippen molar-refractivity contribution in [3.8, 4) is 11.3 Å². The van der Waals surface area contributed by atoms with E-state index in [0.29, 0.717) is 6.42 Å². The van der Waals surface area contributed by atoms with Gasteiger partial charge in [0.15, 0.2) is 5.58 Å². The molecule has 1 amide bonds. The standard InChI is InChI=1S/C15H14N4O2/c1-8-10-6-9(2-4-13(10)21-19-8)12-7-16-15(18-12)11-3-5-14(20)17-11/h2,4,6-7,11H,3,5H2,1H3,(H,16,18)(H,17,20)/t11-/m0/s1. The van der Waals surface area contributed by atoms with Gasteiger partial charge in [0.2, 0.25) is 5.91 Å². The second kappa shape index (κ2) is 4.44. The number of imidazole rings is 1. The van der Waals surface area contributed by atoms with E-state index in [2.05, 4.69) is 20.4 Å². The summed E-state index contributed by atoms with van der Waals surface area (Å²) in [6, 6.07) is 5.90. The third-order valence-corrected chi connectivity index (χ3v) is 3.88. The summed E-state index contributed by atoms with van der Waals surface area (Å²) < 4.78 is 5.21. The number of hydrogen-bond donors (Lipinski definition) is 2. The number of rotatable bonds is 2. The zero-order chi connectivity index (χ0) is 14.4. The van der Waals surface area contributed by atoms with Crippen LogP contribution in [0.15, 0.2) is 28.9 Å². The Morgan fingerprint density at radius 2 is 2.29 bits per heavy atom. The topological polar surface area (TPSA) is 83.8 Å². The summed E-state index contributed by atoms with van der Waals surface area (Å²) in [4.78, 5) is 19.0. The Kier molecular flexibility index (Phi) is 2.57. The van der Waals surface area contributed by atoms with Crippen LogP contribution >= 0.6 is 0 Å². The van der Waals surface area contributed by atoms with E-state index in [0.717, 1.165) is 40.2 Å². The Balaban J connectivity index is 1.70. The van der Waals surface area contributed by atoms with E-state index >= 15 is 0 Å². The van der Waals surface area contributed by atoms with Gasteiger partial charge in [-0.15, -0.1) is 0 Å². The van der Waals surface area contributed by atoms with E-state index in [1.54, 1.807) is 6.20 Å². The van der Waals surface area contributed by atoms with E-state index in [4.69, 9.17) is 4.52 Å². The van der Waals surface area contributed by atoms with Crippen molar-refractivity contribution in [1.29, 1.82) is 0 Å². The molecule has 0 radical (unpaired) electrons. The molecule has 0 spiro atoms. The quantitative estimate of drug-likeness (QED) is 0.756. The molecule has 106 valence electrons. The van der Waals surface area contributed by atoms with Gasteiger partial charge in [-0.1, -0.05) is 5.16 Å². The molecule has 2 aromatic heterocycles. The normalized spacial score (nSPS) is 18.3. The van der Waals surface area contributed by atoms with Crippen molar-refractivity contribution in [2.45, 2.75) is 25.8 Å². The van der Waals surface area contributed by atoms with E-state index in [9.17, 15) is 4.79 Å². The first-order valence-electron chi connectivity index (χ1n) is 6.91. The van der Waals surface area contributed by atoms with Gasteiger partial charge < -0.3 is 14.8 Å². The zero-order valence-electron chi connectivity index (χ0n) is 11.5. The fraction of sp³-hybridized carbons (Fsp3) is 0.267. The van der Waals surface area contributed by atoms with E-state index in [1.165, 1.54) is 0 Å². The highest BCUT2D eigenvalue weighted by atomic mass is 16.5. The number of amides is 1. The number of nitrogens with zero attached hydrogens (tertiary/aromatic N) is 2. The van der Waals surface area contributed by atoms with Gasteiger partial charge in [-0.25, -0.2) is 4.98 Å². The van der Waals surface area contributed by atoms with Crippen molar-refractivity contribution >= 4 is 16.9 Å². The van der Waals surface area contributed by atoms with Gasteiger partial charge in [0.1, 0.15) is 5.82 Å². The second-order valence-corrected chi connectivity index (χ2v) is 5.32. The van der Waals surface area contributed by atoms with Gasteiger partial charge in [0.25, 0.3) is 0 Å². The number of aromatic amines is 1. The number of carbonyl (C=O) groups excluding carboxylic acids is 1. The summed E-state index contributed by atoms with van der Waals surface area (Å²) in [5.41, 5.74) is 3.60. The monoisotopic (exact) mass is 282 g/mol. The molecule has 6 nitrogen and oxygen atoms in total. The maximum atomic E-state index is 11.3. The van der Waals surface area contributed by atoms with Crippen molar-refractivity contribution in [3.05, 3.63) is 35.9 Å². The number of aromatic nitrogens is 3. The fourth-order valence-corrected chi connectivity index (χ4v) is 2.71. The maximum absolute atomic E-state index is 11.3. The zero-order valence-corrected chi connectivity index (χ0v) is 11.5. The van der Waals surface area contributed by atoms with E-state index in [1.807, 2.05) is 25.1 Å². The minimum absolute atomic E-state index is 0.00712. The van der Waals surface area contributed by atoms with Crippen molar-refractivity contribution < 1.29 is 9.32 Å². The molecule has 1 fully saturated rings. The molecule has 1 atom stereocenters. The average molecular weight is 282 g/mol. The summed E-state index contributed by atoms with van der Waals surface area (Å²) >= 11 is 0. The molecule has 0 aliphatic carbocycles. The van der Waals surface area contributed by atoms with Gasteiger partial charge in [0, 0.05) is 17.4 Å². The van der Waals surface area contributed by atoms with Crippen LogP contribution in [0.25, 0.3) is 22.2 Å². The summed E-state index contributed by atoms with van der Waals surface area (Å²) in [5, 5.41) is 7.87. The van der Waals surface area contributed by atoms with E-state index in [-0.39, 0.29) is 11.9 Å². The van der Waals surface area contributed by atoms with Crippen molar-refractivity contribution in [1.82, 2.24) is 20.4 Å². The van der Waals surface area contributed by atoms with Crippen LogP contribution in [0.5, 0.6) is 0 Å². The van der Waals surface area contributed by atoms with Crippen molar-refractivity contribution in [3.63, 3.8) is 0 Å². The lowest BCUT2D eigenvalue weighted by atomic mass is 10.1. The summed E-state index contributed by atoms with van der Waals surface area (Å²) in [6.07, 6.45) is 3.14. The van der Waals surface area contributed by atoms with Crippen molar-refractivity contribution in [2.24, 2.45) is 0 Å². The lowest BCUT2D eigenvalue weighted by Gasteiger charge is -2.05. The Labute approximate surface area is 120 Å². The first-order valence-corrected chi connectivity index (χ1v) is 6.91. The summed E-state index contributed by atoms with van der Waals surface area (Å²) in [6.45, 7) is 1.92. The average Bonchev–Trinajstić information content (AvgIpc) is 3.19. The van der Waals surface area contributed by atoms with Gasteiger partial charge in [0.05, 0.1) is 23.6 Å². The molecule has 4 rings (SSSR count). The van der Waals surface area contributed by atoms with Gasteiger partial charge in [-0.2, -0.15) is 0 Å². The number of aryl methyl sites for hydroxylation is 1. The molecule has 0 bridgehead atoms. The lowest BCUT2D eigenvalue weighted by Crippen LogP contribution is -2.19. The Morgan fingerprint density at radius 1 is 1.38 bits per heavy atom. The molecule has 1 aromatic carbocycles. The number of fused-ring (bicyclic) bond motifs is 1. The van der Waals surface area contributed by atoms with Crippen LogP contribution in [0.2, 0.25) is 0 Å². The summed E-state index contributed by atoms with van der Waals surface area (Å²) in [7, 11) is 0. The number of H-pyrrole nitrogens is 1. The first-order chi connectivity index (χ1) is 10.2. The highest BCUT2D eigenvalue weighted by molar-refractivity contribution is 5.84. The molecule has 0 saturated carbocycles. The molecule has 1 aliphatic heterocycles. The second-order valence-electron chi connectivity index (χ2n) is 5.32. The third kappa shape index (κ3) is 1.99. The Morgan fingerprint density at radius 3 is 3.10 bits per heavy atom. The first kappa shape index (κ1) is 12.1. The number of carbonyl (C=O) groups is 1. The third-order valence-electron chi connectivity index (χ3n) is 3.88. The van der Waals surface area contributed by atoms with Crippen LogP contribution in [0.3, 0.4) is 0 Å². The van der Waals surface area contributed by atoms with Crippen LogP contribution in [0.1, 0.15) is 30.4 Å². The SMILES string of the molecule is Cc1noc2ccc(-c3cnc([C@@H]4CCC(=O)N4)[nH]3)cc12. The highest BCUT2D eigenvalue weighted by Gasteiger charge is 2.24. The van der Waals surface area contributed by atoms with Crippen LogP contribution in [0, 0.1) is 6.92 Å². The minimum Gasteiger partial charge on any atom is -0.356 e. The molecule has 6 heteroatoms. The highest BCUT2D eigenvalue weighted by Crippen LogP contribution is 2.27.